The van der Waals surface area contributed by atoms with Gasteiger partial charge in [0.05, 0.1) is 6.54 Å². The lowest BCUT2D eigenvalue weighted by molar-refractivity contribution is -0.127. The average molecular weight is 335 g/mol. The van der Waals surface area contributed by atoms with Crippen LogP contribution < -0.4 is 4.90 Å². The number of aliphatic imine (C=N–C) groups is 1. The molecule has 3 rings (SSSR count). The summed E-state index contributed by atoms with van der Waals surface area (Å²) in [6, 6.07) is 7.97. The van der Waals surface area contributed by atoms with Crippen molar-refractivity contribution in [3.8, 4) is 0 Å². The first-order valence-corrected chi connectivity index (χ1v) is 8.67. The highest BCUT2D eigenvalue weighted by Crippen LogP contribution is 2.21. The molecule has 2 heterocycles. The van der Waals surface area contributed by atoms with Crippen LogP contribution in [0.15, 0.2) is 29.3 Å². The average Bonchev–Trinajstić information content (AvgIpc) is 3.05. The van der Waals surface area contributed by atoms with Crippen LogP contribution in [0.4, 0.5) is 5.69 Å². The topological polar surface area (TPSA) is 39.2 Å². The maximum absolute atomic E-state index is 12.2. The third-order valence-corrected chi connectivity index (χ3v) is 4.55. The first-order valence-electron chi connectivity index (χ1n) is 8.29. The highest BCUT2D eigenvalue weighted by atomic mass is 35.5. The molecule has 0 N–H and O–H groups in total. The summed E-state index contributed by atoms with van der Waals surface area (Å²) in [5.74, 6) is 1.07. The number of benzene rings is 1. The van der Waals surface area contributed by atoms with Crippen LogP contribution in [0.1, 0.15) is 19.8 Å². The fraction of sp³-hybridized carbons (Fsp3) is 0.529. The Morgan fingerprint density at radius 3 is 2.61 bits per heavy atom. The minimum absolute atomic E-state index is 0.195. The highest BCUT2D eigenvalue weighted by molar-refractivity contribution is 6.30. The van der Waals surface area contributed by atoms with Crippen LogP contribution in [0.5, 0.6) is 0 Å². The van der Waals surface area contributed by atoms with Gasteiger partial charge in [0.2, 0.25) is 11.9 Å². The van der Waals surface area contributed by atoms with E-state index >= 15 is 0 Å². The number of nitrogens with zero attached hydrogens (tertiary/aromatic N) is 4. The van der Waals surface area contributed by atoms with Crippen LogP contribution in [0.25, 0.3) is 0 Å². The van der Waals surface area contributed by atoms with Crippen LogP contribution in [0, 0.1) is 0 Å². The predicted molar refractivity (Wildman–Crippen MR) is 94.2 cm³/mol. The number of hydrogen-bond donors (Lipinski definition) is 0. The Kier molecular flexibility index (Phi) is 5.06. The molecule has 2 aliphatic heterocycles. The lowest BCUT2D eigenvalue weighted by atomic mass is 10.2. The van der Waals surface area contributed by atoms with Gasteiger partial charge < -0.3 is 9.80 Å². The Morgan fingerprint density at radius 2 is 1.91 bits per heavy atom. The van der Waals surface area contributed by atoms with E-state index < -0.39 is 0 Å². The van der Waals surface area contributed by atoms with Crippen molar-refractivity contribution < 1.29 is 4.79 Å². The van der Waals surface area contributed by atoms with Crippen molar-refractivity contribution in [1.82, 2.24) is 9.80 Å². The molecular weight excluding hydrogens is 312 g/mol. The molecule has 124 valence electrons. The monoisotopic (exact) mass is 334 g/mol. The molecule has 0 unspecified atom stereocenters. The van der Waals surface area contributed by atoms with E-state index in [1.807, 2.05) is 30.0 Å². The summed E-state index contributed by atoms with van der Waals surface area (Å²) >= 11 is 6.08. The number of piperazine rings is 1. The molecule has 0 radical (unpaired) electrons. The molecule has 2 aliphatic rings. The van der Waals surface area contributed by atoms with E-state index in [0.29, 0.717) is 6.42 Å². The minimum Gasteiger partial charge on any atom is -0.368 e. The summed E-state index contributed by atoms with van der Waals surface area (Å²) in [5, 5.41) is 0.765. The molecule has 1 fully saturated rings. The Bertz CT molecular complexity index is 596. The van der Waals surface area contributed by atoms with Crippen molar-refractivity contribution >= 4 is 29.2 Å². The summed E-state index contributed by atoms with van der Waals surface area (Å²) < 4.78 is 0. The first-order chi connectivity index (χ1) is 11.2. The number of rotatable bonds is 3. The lowest BCUT2D eigenvalue weighted by Gasteiger charge is -2.38. The van der Waals surface area contributed by atoms with Gasteiger partial charge in [0.15, 0.2) is 0 Å². The molecule has 23 heavy (non-hydrogen) atoms. The molecule has 1 saturated heterocycles. The maximum Gasteiger partial charge on any atom is 0.229 e. The fourth-order valence-electron chi connectivity index (χ4n) is 3.13. The van der Waals surface area contributed by atoms with Gasteiger partial charge in [-0.15, -0.1) is 0 Å². The van der Waals surface area contributed by atoms with E-state index in [2.05, 4.69) is 20.9 Å². The Balaban J connectivity index is 1.61. The van der Waals surface area contributed by atoms with Crippen molar-refractivity contribution in [2.45, 2.75) is 19.8 Å². The molecule has 6 heteroatoms. The predicted octanol–water partition coefficient (Wildman–Crippen LogP) is 2.46. The molecule has 1 aromatic rings. The van der Waals surface area contributed by atoms with Gasteiger partial charge >= 0.3 is 0 Å². The van der Waals surface area contributed by atoms with Gasteiger partial charge in [0.25, 0.3) is 0 Å². The third kappa shape index (κ3) is 3.61. The third-order valence-electron chi connectivity index (χ3n) is 4.32. The van der Waals surface area contributed by atoms with Gasteiger partial charge in [0.1, 0.15) is 0 Å². The number of amides is 1. The summed E-state index contributed by atoms with van der Waals surface area (Å²) in [6.07, 6.45) is 1.48. The number of carbonyl (C=O) groups is 1. The second kappa shape index (κ2) is 7.21. The van der Waals surface area contributed by atoms with Crippen LogP contribution in [0.3, 0.4) is 0 Å². The number of hydrogen-bond acceptors (Lipinski definition) is 4. The van der Waals surface area contributed by atoms with Crippen LogP contribution in [-0.4, -0.2) is 60.9 Å². The van der Waals surface area contributed by atoms with Crippen molar-refractivity contribution in [3.05, 3.63) is 29.3 Å². The highest BCUT2D eigenvalue weighted by Gasteiger charge is 2.29. The van der Waals surface area contributed by atoms with Gasteiger partial charge in [-0.1, -0.05) is 24.6 Å². The summed E-state index contributed by atoms with van der Waals surface area (Å²) in [5.41, 5.74) is 1.16. The number of carbonyl (C=O) groups excluding carboxylic acids is 1. The van der Waals surface area contributed by atoms with Crippen LogP contribution in [-0.2, 0) is 4.79 Å². The quantitative estimate of drug-likeness (QED) is 0.852. The second-order valence-electron chi connectivity index (χ2n) is 5.93. The van der Waals surface area contributed by atoms with Crippen LogP contribution in [0.2, 0.25) is 5.02 Å². The Hall–Kier alpha value is -1.75. The molecule has 0 aliphatic carbocycles. The smallest absolute Gasteiger partial charge is 0.229 e. The summed E-state index contributed by atoms with van der Waals surface area (Å²) in [6.45, 7) is 7.06. The lowest BCUT2D eigenvalue weighted by Crippen LogP contribution is -2.53. The van der Waals surface area contributed by atoms with Gasteiger partial charge in [-0.2, -0.15) is 0 Å². The van der Waals surface area contributed by atoms with E-state index in [4.69, 9.17) is 11.6 Å². The molecule has 0 aromatic heterocycles. The standard InChI is InChI=1S/C17H23ClN4O/c1-2-4-16(23)22-8-7-19-17(22)21-11-9-20(10-12-21)15-6-3-5-14(18)13-15/h3,5-6,13H,2,4,7-12H2,1H3. The fourth-order valence-corrected chi connectivity index (χ4v) is 3.31. The Labute approximate surface area is 142 Å². The van der Waals surface area contributed by atoms with Crippen molar-refractivity contribution in [2.24, 2.45) is 4.99 Å². The van der Waals surface area contributed by atoms with Crippen molar-refractivity contribution in [2.75, 3.05) is 44.2 Å². The largest absolute Gasteiger partial charge is 0.368 e. The zero-order chi connectivity index (χ0) is 16.2. The zero-order valence-electron chi connectivity index (χ0n) is 13.5. The number of anilines is 1. The van der Waals surface area contributed by atoms with Gasteiger partial charge in [-0.3, -0.25) is 14.7 Å². The van der Waals surface area contributed by atoms with Crippen molar-refractivity contribution in [3.63, 3.8) is 0 Å². The van der Waals surface area contributed by atoms with E-state index in [0.717, 1.165) is 62.4 Å². The summed E-state index contributed by atoms with van der Waals surface area (Å²) in [4.78, 5) is 23.2. The zero-order valence-corrected chi connectivity index (χ0v) is 14.3. The van der Waals surface area contributed by atoms with Crippen LogP contribution >= 0.6 is 11.6 Å². The van der Waals surface area contributed by atoms with E-state index in [1.165, 1.54) is 0 Å². The first kappa shape index (κ1) is 16.1. The van der Waals surface area contributed by atoms with Gasteiger partial charge in [-0.25, -0.2) is 0 Å². The SMILES string of the molecule is CCCC(=O)N1CCN=C1N1CCN(c2cccc(Cl)c2)CC1. The second-order valence-corrected chi connectivity index (χ2v) is 6.37. The molecule has 0 saturated carbocycles. The molecule has 1 aromatic carbocycles. The van der Waals surface area contributed by atoms with E-state index in [1.54, 1.807) is 0 Å². The number of halogens is 1. The summed E-state index contributed by atoms with van der Waals surface area (Å²) in [7, 11) is 0. The van der Waals surface area contributed by atoms with Gasteiger partial charge in [-0.05, 0) is 24.6 Å². The van der Waals surface area contributed by atoms with Gasteiger partial charge in [0, 0.05) is 49.9 Å². The molecule has 0 spiro atoms. The maximum atomic E-state index is 12.2. The molecule has 0 bridgehead atoms. The number of guanidine groups is 1. The molecular formula is C17H23ClN4O. The normalized spacial score (nSPS) is 18.3. The van der Waals surface area contributed by atoms with Crippen molar-refractivity contribution in [1.29, 1.82) is 0 Å². The molecule has 1 amide bonds. The Morgan fingerprint density at radius 1 is 1.17 bits per heavy atom. The minimum atomic E-state index is 0.195. The molecule has 0 atom stereocenters. The van der Waals surface area contributed by atoms with E-state index in [9.17, 15) is 4.79 Å². The van der Waals surface area contributed by atoms with E-state index in [-0.39, 0.29) is 5.91 Å². The molecule has 5 nitrogen and oxygen atoms in total.